The fourth-order valence-electron chi connectivity index (χ4n) is 6.58. The van der Waals surface area contributed by atoms with Gasteiger partial charge < -0.3 is 14.7 Å². The van der Waals surface area contributed by atoms with Crippen molar-refractivity contribution in [3.05, 3.63) is 76.1 Å². The number of benzene rings is 1. The van der Waals surface area contributed by atoms with E-state index in [1.165, 1.54) is 22.0 Å². The van der Waals surface area contributed by atoms with Crippen LogP contribution in [0.4, 0.5) is 4.39 Å². The molecule has 11 heteroatoms. The number of likely N-dealkylation sites (tertiary alicyclic amines) is 1. The van der Waals surface area contributed by atoms with Crippen LogP contribution in [0.3, 0.4) is 0 Å². The zero-order valence-corrected chi connectivity index (χ0v) is 23.3. The predicted octanol–water partition coefficient (Wildman–Crippen LogP) is 2.77. The number of fused-ring (bicyclic) bond motifs is 2. The first-order valence-electron chi connectivity index (χ1n) is 14.0. The van der Waals surface area contributed by atoms with Gasteiger partial charge in [-0.15, -0.1) is 0 Å². The molecule has 0 radical (unpaired) electrons. The second-order valence-corrected chi connectivity index (χ2v) is 13.4. The van der Waals surface area contributed by atoms with E-state index in [4.69, 9.17) is 4.74 Å². The summed E-state index contributed by atoms with van der Waals surface area (Å²) < 4.78 is 52.1. The molecule has 2 atom stereocenters. The summed E-state index contributed by atoms with van der Waals surface area (Å²) >= 11 is 0. The van der Waals surface area contributed by atoms with E-state index in [0.717, 1.165) is 41.7 Å². The molecule has 0 amide bonds. The molecule has 2 N–H and O–H groups in total. The Labute approximate surface area is 233 Å². The maximum atomic E-state index is 14.6. The van der Waals surface area contributed by atoms with Gasteiger partial charge in [-0.2, -0.15) is 17.8 Å². The standard InChI is InChI=1S/C29H34FN5O4S/c1-39-28(19-2-3-19)23-11-26(18-4-6-24(30)7-5-18)29(33-16-25(36)17-33)35(15-23)40(37,38)34-9-8-20-12-27-21(13-31-32-27)10-22(20)14-34/h4-7,11-13,19,22,25,28,36H,2-3,8-10,14-17H2,1H3,(H,31,32)/t22-,28?/m0/s1. The number of hydrogen-bond donors (Lipinski definition) is 2. The highest BCUT2D eigenvalue weighted by molar-refractivity contribution is 7.86. The quantitative estimate of drug-likeness (QED) is 0.534. The third-order valence-electron chi connectivity index (χ3n) is 8.87. The largest absolute Gasteiger partial charge is 0.389 e. The molecule has 3 fully saturated rings. The lowest BCUT2D eigenvalue weighted by molar-refractivity contribution is 0.0120. The van der Waals surface area contributed by atoms with E-state index in [0.29, 0.717) is 49.9 Å². The van der Waals surface area contributed by atoms with Crippen LogP contribution in [0.15, 0.2) is 53.5 Å². The number of aromatic nitrogens is 2. The van der Waals surface area contributed by atoms with Crippen LogP contribution in [0.25, 0.3) is 11.6 Å². The number of piperidine rings is 1. The molecule has 0 spiro atoms. The first-order chi connectivity index (χ1) is 19.3. The molecule has 3 aliphatic heterocycles. The molecule has 0 bridgehead atoms. The van der Waals surface area contributed by atoms with Crippen molar-refractivity contribution in [3.8, 4) is 0 Å². The van der Waals surface area contributed by atoms with E-state index in [1.807, 2.05) is 17.2 Å². The summed E-state index contributed by atoms with van der Waals surface area (Å²) in [6.45, 7) is 1.64. The van der Waals surface area contributed by atoms with Crippen LogP contribution in [-0.2, 0) is 21.4 Å². The van der Waals surface area contributed by atoms with Crippen LogP contribution in [0, 0.1) is 17.7 Å². The van der Waals surface area contributed by atoms with Crippen LogP contribution in [0.2, 0.25) is 0 Å². The number of nitrogens with zero attached hydrogens (tertiary/aromatic N) is 4. The van der Waals surface area contributed by atoms with Crippen molar-refractivity contribution >= 4 is 21.9 Å². The fourth-order valence-corrected chi connectivity index (χ4v) is 8.30. The summed E-state index contributed by atoms with van der Waals surface area (Å²) in [5.74, 6) is 0.638. The van der Waals surface area contributed by atoms with Gasteiger partial charge in [0.2, 0.25) is 0 Å². The molecule has 7 rings (SSSR count). The molecule has 4 heterocycles. The summed E-state index contributed by atoms with van der Waals surface area (Å²) in [6.07, 6.45) is 8.77. The van der Waals surface area contributed by atoms with Gasteiger partial charge in [-0.3, -0.25) is 5.10 Å². The molecule has 1 saturated carbocycles. The molecule has 2 aromatic rings. The number of aliphatic hydroxyl groups is 1. The molecule has 2 aliphatic carbocycles. The number of ether oxygens (including phenoxy) is 1. The van der Waals surface area contributed by atoms with Gasteiger partial charge in [0.25, 0.3) is 0 Å². The van der Waals surface area contributed by atoms with Crippen LogP contribution in [-0.4, -0.2) is 89.3 Å². The molecular weight excluding hydrogens is 533 g/mol. The van der Waals surface area contributed by atoms with E-state index in [9.17, 15) is 17.9 Å². The van der Waals surface area contributed by atoms with Crippen molar-refractivity contribution in [1.29, 1.82) is 0 Å². The summed E-state index contributed by atoms with van der Waals surface area (Å²) in [6, 6.07) is 6.16. The number of methoxy groups -OCH3 is 1. The number of hydrogen-bond acceptors (Lipinski definition) is 6. The minimum Gasteiger partial charge on any atom is -0.389 e. The zero-order valence-electron chi connectivity index (χ0n) is 22.5. The van der Waals surface area contributed by atoms with E-state index in [2.05, 4.69) is 16.3 Å². The van der Waals surface area contributed by atoms with Gasteiger partial charge in [-0.05, 0) is 78.5 Å². The SMILES string of the molecule is COC(C1=CC(c2ccc(F)cc2)=C(N2CC(O)C2)N(S(=O)(=O)N2CCC3=Cc4[nH]ncc4C[C@H]3C2)C1)C1CC1. The lowest BCUT2D eigenvalue weighted by Gasteiger charge is -2.48. The number of H-pyrrole nitrogens is 1. The lowest BCUT2D eigenvalue weighted by atomic mass is 9.83. The number of nitrogens with one attached hydrogen (secondary N) is 1. The Morgan fingerprint density at radius 1 is 1.15 bits per heavy atom. The normalized spacial score (nSPS) is 24.7. The number of allylic oxidation sites excluding steroid dienone is 2. The van der Waals surface area contributed by atoms with Crippen molar-refractivity contribution < 1.29 is 22.7 Å². The average molecular weight is 568 g/mol. The lowest BCUT2D eigenvalue weighted by Crippen LogP contribution is -2.58. The molecular formula is C29H34FN5O4S. The van der Waals surface area contributed by atoms with Crippen LogP contribution in [0.1, 0.15) is 36.1 Å². The molecule has 40 heavy (non-hydrogen) atoms. The molecule has 1 unspecified atom stereocenters. The van der Waals surface area contributed by atoms with Crippen LogP contribution >= 0.6 is 0 Å². The van der Waals surface area contributed by atoms with Crippen molar-refractivity contribution in [2.45, 2.75) is 37.9 Å². The van der Waals surface area contributed by atoms with Crippen molar-refractivity contribution in [2.75, 3.05) is 39.8 Å². The van der Waals surface area contributed by atoms with Crippen LogP contribution in [0.5, 0.6) is 0 Å². The molecule has 9 nitrogen and oxygen atoms in total. The van der Waals surface area contributed by atoms with Gasteiger partial charge >= 0.3 is 10.2 Å². The maximum Gasteiger partial charge on any atom is 0.305 e. The molecule has 1 aromatic carbocycles. The maximum absolute atomic E-state index is 14.6. The van der Waals surface area contributed by atoms with E-state index >= 15 is 0 Å². The number of aliphatic hydroxyl groups excluding tert-OH is 1. The third-order valence-corrected chi connectivity index (χ3v) is 10.7. The highest BCUT2D eigenvalue weighted by Gasteiger charge is 2.45. The van der Waals surface area contributed by atoms with Gasteiger partial charge in [-0.1, -0.05) is 17.7 Å². The third kappa shape index (κ3) is 4.49. The summed E-state index contributed by atoms with van der Waals surface area (Å²) in [7, 11) is -2.27. The Hall–Kier alpha value is -2.99. The van der Waals surface area contributed by atoms with Gasteiger partial charge in [-0.25, -0.2) is 8.70 Å². The first-order valence-corrected chi connectivity index (χ1v) is 15.4. The van der Waals surface area contributed by atoms with E-state index < -0.39 is 16.3 Å². The number of halogens is 1. The van der Waals surface area contributed by atoms with Gasteiger partial charge in [0.05, 0.1) is 30.6 Å². The Balaban J connectivity index is 1.29. The predicted molar refractivity (Wildman–Crippen MR) is 148 cm³/mol. The fraction of sp³-hybridized carbons (Fsp3) is 0.483. The minimum absolute atomic E-state index is 0.0986. The van der Waals surface area contributed by atoms with Gasteiger partial charge in [0, 0.05) is 38.9 Å². The van der Waals surface area contributed by atoms with Gasteiger partial charge in [0.1, 0.15) is 11.6 Å². The molecule has 2 saturated heterocycles. The highest BCUT2D eigenvalue weighted by Crippen LogP contribution is 2.43. The summed E-state index contributed by atoms with van der Waals surface area (Å²) in [5.41, 5.74) is 5.71. The van der Waals surface area contributed by atoms with Crippen molar-refractivity contribution in [3.63, 3.8) is 0 Å². The Morgan fingerprint density at radius 2 is 1.93 bits per heavy atom. The molecule has 1 aromatic heterocycles. The van der Waals surface area contributed by atoms with Crippen molar-refractivity contribution in [1.82, 2.24) is 23.7 Å². The van der Waals surface area contributed by atoms with Crippen molar-refractivity contribution in [2.24, 2.45) is 11.8 Å². The second kappa shape index (κ2) is 9.83. The monoisotopic (exact) mass is 567 g/mol. The number of rotatable bonds is 7. The minimum atomic E-state index is -3.95. The summed E-state index contributed by atoms with van der Waals surface area (Å²) in [5, 5.41) is 17.4. The second-order valence-electron chi connectivity index (χ2n) is 11.6. The van der Waals surface area contributed by atoms with E-state index in [-0.39, 0.29) is 24.4 Å². The molecule has 5 aliphatic rings. The average Bonchev–Trinajstić information content (AvgIpc) is 3.67. The van der Waals surface area contributed by atoms with Gasteiger partial charge in [0.15, 0.2) is 0 Å². The number of β-amino-alcohol motifs (C(OH)–C–C–N with tert-alkyl or cyclic N) is 1. The van der Waals surface area contributed by atoms with E-state index in [1.54, 1.807) is 23.5 Å². The topological polar surface area (TPSA) is 102 Å². The zero-order chi connectivity index (χ0) is 27.6. The Kier molecular flexibility index (Phi) is 6.38. The first kappa shape index (κ1) is 25.9. The Morgan fingerprint density at radius 3 is 2.62 bits per heavy atom. The molecule has 212 valence electrons. The summed E-state index contributed by atoms with van der Waals surface area (Å²) in [4.78, 5) is 1.92. The Bertz CT molecular complexity index is 1500. The van der Waals surface area contributed by atoms with Crippen LogP contribution < -0.4 is 0 Å². The number of aromatic amines is 1. The highest BCUT2D eigenvalue weighted by atomic mass is 32.2. The smallest absolute Gasteiger partial charge is 0.305 e.